The van der Waals surface area contributed by atoms with E-state index in [9.17, 15) is 4.79 Å². The van der Waals surface area contributed by atoms with Crippen molar-refractivity contribution in [3.05, 3.63) is 58.9 Å². The van der Waals surface area contributed by atoms with E-state index in [0.29, 0.717) is 24.8 Å². The van der Waals surface area contributed by atoms with E-state index in [2.05, 4.69) is 54.6 Å². The minimum Gasteiger partial charge on any atom is -0.345 e. The van der Waals surface area contributed by atoms with Gasteiger partial charge in [0.1, 0.15) is 0 Å². The van der Waals surface area contributed by atoms with Crippen molar-refractivity contribution in [2.45, 2.75) is 78.4 Å². The highest BCUT2D eigenvalue weighted by atomic mass is 35.5. The Balaban J connectivity index is 1.70. The molecule has 1 aromatic heterocycles. The molecule has 3 rings (SSSR count). The minimum absolute atomic E-state index is 0.223. The molecular formula is C25H35ClN2O. The molecule has 29 heavy (non-hydrogen) atoms. The van der Waals surface area contributed by atoms with Crippen LogP contribution < -0.4 is 0 Å². The zero-order valence-electron chi connectivity index (χ0n) is 18.1. The van der Waals surface area contributed by atoms with Crippen molar-refractivity contribution >= 4 is 17.5 Å². The fraction of sp³-hybridized carbons (Fsp3) is 0.560. The predicted octanol–water partition coefficient (Wildman–Crippen LogP) is 6.53. The molecule has 0 saturated heterocycles. The van der Waals surface area contributed by atoms with E-state index >= 15 is 0 Å². The van der Waals surface area contributed by atoms with Crippen molar-refractivity contribution in [2.24, 2.45) is 11.8 Å². The second-order valence-electron chi connectivity index (χ2n) is 8.95. The average Bonchev–Trinajstić information content (AvgIpc) is 3.35. The Morgan fingerprint density at radius 2 is 1.93 bits per heavy atom. The van der Waals surface area contributed by atoms with E-state index < -0.39 is 0 Å². The molecule has 158 valence electrons. The molecule has 1 atom stereocenters. The number of nitrogens with zero attached hydrogens (tertiary/aromatic N) is 2. The number of carbonyl (C=O) groups is 1. The number of benzene rings is 1. The summed E-state index contributed by atoms with van der Waals surface area (Å²) in [7, 11) is 0. The van der Waals surface area contributed by atoms with Gasteiger partial charge in [0, 0.05) is 35.9 Å². The lowest BCUT2D eigenvalue weighted by Gasteiger charge is -2.33. The molecule has 3 nitrogen and oxygen atoms in total. The lowest BCUT2D eigenvalue weighted by Crippen LogP contribution is -2.41. The van der Waals surface area contributed by atoms with Gasteiger partial charge < -0.3 is 9.47 Å². The Labute approximate surface area is 181 Å². The van der Waals surface area contributed by atoms with Crippen LogP contribution in [-0.2, 0) is 17.9 Å². The Bertz CT molecular complexity index is 792. The molecule has 0 bridgehead atoms. The Morgan fingerprint density at radius 1 is 1.17 bits per heavy atom. The van der Waals surface area contributed by atoms with E-state index in [4.69, 9.17) is 11.6 Å². The van der Waals surface area contributed by atoms with Gasteiger partial charge in [0.15, 0.2) is 0 Å². The molecule has 1 unspecified atom stereocenters. The number of amides is 1. The molecule has 1 amide bonds. The molecule has 1 aromatic carbocycles. The average molecular weight is 415 g/mol. The first-order valence-electron chi connectivity index (χ1n) is 11.1. The molecule has 1 saturated carbocycles. The van der Waals surface area contributed by atoms with E-state index in [1.165, 1.54) is 36.9 Å². The van der Waals surface area contributed by atoms with Gasteiger partial charge in [-0.3, -0.25) is 4.79 Å². The first-order chi connectivity index (χ1) is 13.9. The van der Waals surface area contributed by atoms with E-state index in [1.54, 1.807) is 0 Å². The largest absolute Gasteiger partial charge is 0.345 e. The van der Waals surface area contributed by atoms with Crippen molar-refractivity contribution in [3.63, 3.8) is 0 Å². The summed E-state index contributed by atoms with van der Waals surface area (Å²) in [4.78, 5) is 15.3. The SMILES string of the molecule is CC(C)C(C)N(Cc1cccn1Cc1cccc(Cl)c1)C(=O)CCC1CCCC1. The molecular weight excluding hydrogens is 380 g/mol. The lowest BCUT2D eigenvalue weighted by molar-refractivity contribution is -0.135. The third-order valence-corrected chi connectivity index (χ3v) is 6.75. The standard InChI is InChI=1S/C25H35ClN2O/c1-19(2)20(3)28(25(29)14-13-21-8-4-5-9-21)18-24-12-7-15-27(24)17-22-10-6-11-23(26)16-22/h6-7,10-12,15-16,19-21H,4-5,8-9,13-14,17-18H2,1-3H3. The molecule has 0 aliphatic heterocycles. The summed E-state index contributed by atoms with van der Waals surface area (Å²) in [6.07, 6.45) is 9.09. The maximum absolute atomic E-state index is 13.2. The van der Waals surface area contributed by atoms with Gasteiger partial charge in [-0.05, 0) is 55.0 Å². The smallest absolute Gasteiger partial charge is 0.223 e. The third kappa shape index (κ3) is 6.12. The molecule has 0 N–H and O–H groups in total. The van der Waals surface area contributed by atoms with Gasteiger partial charge >= 0.3 is 0 Å². The van der Waals surface area contributed by atoms with Crippen molar-refractivity contribution in [3.8, 4) is 0 Å². The number of rotatable bonds is 9. The van der Waals surface area contributed by atoms with Crippen LogP contribution in [0.2, 0.25) is 5.02 Å². The van der Waals surface area contributed by atoms with Crippen molar-refractivity contribution < 1.29 is 4.79 Å². The molecule has 1 heterocycles. The highest BCUT2D eigenvalue weighted by Crippen LogP contribution is 2.29. The zero-order chi connectivity index (χ0) is 20.8. The number of aromatic nitrogens is 1. The van der Waals surface area contributed by atoms with Crippen molar-refractivity contribution in [1.82, 2.24) is 9.47 Å². The maximum Gasteiger partial charge on any atom is 0.223 e. The molecule has 1 aliphatic rings. The predicted molar refractivity (Wildman–Crippen MR) is 121 cm³/mol. The summed E-state index contributed by atoms with van der Waals surface area (Å²) in [5.74, 6) is 1.48. The summed E-state index contributed by atoms with van der Waals surface area (Å²) < 4.78 is 2.23. The monoisotopic (exact) mass is 414 g/mol. The first-order valence-corrected chi connectivity index (χ1v) is 11.5. The van der Waals surface area contributed by atoms with Gasteiger partial charge in [-0.2, -0.15) is 0 Å². The second-order valence-corrected chi connectivity index (χ2v) is 9.39. The Morgan fingerprint density at radius 3 is 2.62 bits per heavy atom. The van der Waals surface area contributed by atoms with Gasteiger partial charge in [0.25, 0.3) is 0 Å². The molecule has 1 aliphatic carbocycles. The van der Waals surface area contributed by atoms with Crippen LogP contribution in [0, 0.1) is 11.8 Å². The highest BCUT2D eigenvalue weighted by molar-refractivity contribution is 6.30. The van der Waals surface area contributed by atoms with E-state index in [0.717, 1.165) is 23.9 Å². The van der Waals surface area contributed by atoms with E-state index in [-0.39, 0.29) is 6.04 Å². The fourth-order valence-corrected chi connectivity index (χ4v) is 4.56. The van der Waals surface area contributed by atoms with Gasteiger partial charge in [-0.25, -0.2) is 0 Å². The quantitative estimate of drug-likeness (QED) is 0.457. The van der Waals surface area contributed by atoms with Gasteiger partial charge in [-0.15, -0.1) is 0 Å². The molecule has 0 spiro atoms. The van der Waals surface area contributed by atoms with Gasteiger partial charge in [-0.1, -0.05) is 63.3 Å². The topological polar surface area (TPSA) is 25.2 Å². The second kappa shape index (κ2) is 10.3. The number of carbonyl (C=O) groups excluding carboxylic acids is 1. The number of hydrogen-bond acceptors (Lipinski definition) is 1. The summed E-state index contributed by atoms with van der Waals surface area (Å²) in [5.41, 5.74) is 2.35. The van der Waals surface area contributed by atoms with Crippen LogP contribution in [0.25, 0.3) is 0 Å². The Hall–Kier alpha value is -1.74. The van der Waals surface area contributed by atoms with Gasteiger partial charge in [0.2, 0.25) is 5.91 Å². The fourth-order valence-electron chi connectivity index (χ4n) is 4.34. The summed E-state index contributed by atoms with van der Waals surface area (Å²) in [6, 6.07) is 12.4. The van der Waals surface area contributed by atoms with Crippen LogP contribution in [0.5, 0.6) is 0 Å². The van der Waals surface area contributed by atoms with Gasteiger partial charge in [0.05, 0.1) is 6.54 Å². The summed E-state index contributed by atoms with van der Waals surface area (Å²) in [6.45, 7) is 8.02. The lowest BCUT2D eigenvalue weighted by atomic mass is 9.99. The van der Waals surface area contributed by atoms with Crippen LogP contribution in [0.3, 0.4) is 0 Å². The summed E-state index contributed by atoms with van der Waals surface area (Å²) in [5, 5.41) is 0.758. The molecule has 1 fully saturated rings. The van der Waals surface area contributed by atoms with Crippen molar-refractivity contribution in [1.29, 1.82) is 0 Å². The molecule has 0 radical (unpaired) electrons. The molecule has 2 aromatic rings. The van der Waals surface area contributed by atoms with Crippen LogP contribution in [0.15, 0.2) is 42.6 Å². The Kier molecular flexibility index (Phi) is 7.83. The van der Waals surface area contributed by atoms with Crippen molar-refractivity contribution in [2.75, 3.05) is 0 Å². The third-order valence-electron chi connectivity index (χ3n) is 6.52. The van der Waals surface area contributed by atoms with E-state index in [1.807, 2.05) is 18.2 Å². The number of halogens is 1. The van der Waals surface area contributed by atoms with Crippen LogP contribution in [0.1, 0.15) is 70.6 Å². The molecule has 4 heteroatoms. The van der Waals surface area contributed by atoms with Crippen LogP contribution >= 0.6 is 11.6 Å². The van der Waals surface area contributed by atoms with Crippen LogP contribution in [-0.4, -0.2) is 21.4 Å². The maximum atomic E-state index is 13.2. The van der Waals surface area contributed by atoms with Crippen LogP contribution in [0.4, 0.5) is 0 Å². The number of hydrogen-bond donors (Lipinski definition) is 0. The zero-order valence-corrected chi connectivity index (χ0v) is 18.9. The normalized spacial score (nSPS) is 15.8. The first kappa shape index (κ1) is 22.0. The minimum atomic E-state index is 0.223. The summed E-state index contributed by atoms with van der Waals surface area (Å²) >= 11 is 6.15. The highest BCUT2D eigenvalue weighted by Gasteiger charge is 2.25.